The second-order valence-electron chi connectivity index (χ2n) is 3.59. The summed E-state index contributed by atoms with van der Waals surface area (Å²) < 4.78 is 0.990. The summed E-state index contributed by atoms with van der Waals surface area (Å²) in [6, 6.07) is 17.2. The molecule has 0 aliphatic heterocycles. The highest BCUT2D eigenvalue weighted by Gasteiger charge is 2.05. The van der Waals surface area contributed by atoms with Crippen LogP contribution in [0, 0.1) is 0 Å². The molecule has 2 rings (SSSR count). The maximum absolute atomic E-state index is 11.9. The summed E-state index contributed by atoms with van der Waals surface area (Å²) in [5.41, 5.74) is 1.81. The third-order valence-corrected chi connectivity index (χ3v) is 2.90. The molecule has 0 amide bonds. The van der Waals surface area contributed by atoms with Gasteiger partial charge < -0.3 is 0 Å². The Morgan fingerprint density at radius 2 is 1.56 bits per heavy atom. The van der Waals surface area contributed by atoms with E-state index in [9.17, 15) is 4.79 Å². The van der Waals surface area contributed by atoms with E-state index in [0.29, 0.717) is 6.42 Å². The Balaban J connectivity index is 2.12. The van der Waals surface area contributed by atoms with Crippen LogP contribution in [-0.4, -0.2) is 5.78 Å². The van der Waals surface area contributed by atoms with Crippen LogP contribution in [0.15, 0.2) is 59.1 Å². The van der Waals surface area contributed by atoms with Crippen LogP contribution in [-0.2, 0) is 6.42 Å². The van der Waals surface area contributed by atoms with Gasteiger partial charge in [-0.1, -0.05) is 58.4 Å². The molecule has 2 aromatic rings. The number of Topliss-reactive ketones (excluding diaryl/α,β-unsaturated/α-hetero) is 1. The van der Waals surface area contributed by atoms with E-state index in [4.69, 9.17) is 0 Å². The normalized spacial score (nSPS) is 10.1. The van der Waals surface area contributed by atoms with E-state index < -0.39 is 0 Å². The van der Waals surface area contributed by atoms with Gasteiger partial charge in [-0.05, 0) is 17.7 Å². The smallest absolute Gasteiger partial charge is 0.167 e. The standard InChI is InChI=1S/C14H11BrO/c15-13-8-6-12(7-9-13)14(16)10-11-4-2-1-3-5-11/h1-9H,10H2. The molecule has 0 unspecified atom stereocenters. The molecule has 0 bridgehead atoms. The van der Waals surface area contributed by atoms with Crippen LogP contribution in [0.25, 0.3) is 0 Å². The van der Waals surface area contributed by atoms with E-state index in [1.165, 1.54) is 0 Å². The van der Waals surface area contributed by atoms with Crippen LogP contribution in [0.2, 0.25) is 0 Å². The zero-order valence-corrected chi connectivity index (χ0v) is 10.3. The van der Waals surface area contributed by atoms with Gasteiger partial charge in [0, 0.05) is 16.5 Å². The fraction of sp³-hybridized carbons (Fsp3) is 0.0714. The first kappa shape index (κ1) is 11.1. The second-order valence-corrected chi connectivity index (χ2v) is 4.51. The van der Waals surface area contributed by atoms with Crippen molar-refractivity contribution in [2.24, 2.45) is 0 Å². The Morgan fingerprint density at radius 1 is 0.938 bits per heavy atom. The van der Waals surface area contributed by atoms with Gasteiger partial charge in [0.2, 0.25) is 0 Å². The lowest BCUT2D eigenvalue weighted by Crippen LogP contribution is -2.02. The van der Waals surface area contributed by atoms with Gasteiger partial charge in [-0.15, -0.1) is 0 Å². The van der Waals surface area contributed by atoms with Gasteiger partial charge in [0.25, 0.3) is 0 Å². The summed E-state index contributed by atoms with van der Waals surface area (Å²) >= 11 is 3.35. The lowest BCUT2D eigenvalue weighted by atomic mass is 10.0. The quantitative estimate of drug-likeness (QED) is 0.777. The van der Waals surface area contributed by atoms with E-state index >= 15 is 0 Å². The van der Waals surface area contributed by atoms with Crippen LogP contribution in [0.5, 0.6) is 0 Å². The van der Waals surface area contributed by atoms with Crippen molar-refractivity contribution in [3.63, 3.8) is 0 Å². The van der Waals surface area contributed by atoms with Gasteiger partial charge >= 0.3 is 0 Å². The number of hydrogen-bond donors (Lipinski definition) is 0. The Kier molecular flexibility index (Phi) is 3.52. The van der Waals surface area contributed by atoms with Crippen molar-refractivity contribution in [3.05, 3.63) is 70.2 Å². The monoisotopic (exact) mass is 274 g/mol. The molecule has 0 radical (unpaired) electrons. The molecule has 0 fully saturated rings. The summed E-state index contributed by atoms with van der Waals surface area (Å²) in [6.07, 6.45) is 0.461. The predicted molar refractivity (Wildman–Crippen MR) is 68.6 cm³/mol. The van der Waals surface area contributed by atoms with Gasteiger partial charge in [0.15, 0.2) is 5.78 Å². The fourth-order valence-electron chi connectivity index (χ4n) is 1.52. The first-order valence-corrected chi connectivity index (χ1v) is 5.88. The van der Waals surface area contributed by atoms with Crippen molar-refractivity contribution in [1.29, 1.82) is 0 Å². The molecule has 0 heterocycles. The molecule has 0 aliphatic rings. The molecule has 80 valence electrons. The van der Waals surface area contributed by atoms with Crippen molar-refractivity contribution >= 4 is 21.7 Å². The minimum Gasteiger partial charge on any atom is -0.294 e. The first-order valence-electron chi connectivity index (χ1n) is 5.08. The number of halogens is 1. The van der Waals surface area contributed by atoms with Gasteiger partial charge in [-0.3, -0.25) is 4.79 Å². The Hall–Kier alpha value is -1.41. The molecule has 2 heteroatoms. The zero-order valence-electron chi connectivity index (χ0n) is 8.69. The summed E-state index contributed by atoms with van der Waals surface area (Å²) in [5.74, 6) is 0.152. The molecule has 0 aromatic heterocycles. The molecular weight excluding hydrogens is 264 g/mol. The fourth-order valence-corrected chi connectivity index (χ4v) is 1.78. The molecule has 0 N–H and O–H groups in total. The molecular formula is C14H11BrO. The molecule has 2 aromatic carbocycles. The Morgan fingerprint density at radius 3 is 2.19 bits per heavy atom. The van der Waals surface area contributed by atoms with Crippen molar-refractivity contribution in [2.75, 3.05) is 0 Å². The van der Waals surface area contributed by atoms with Crippen LogP contribution >= 0.6 is 15.9 Å². The number of rotatable bonds is 3. The minimum atomic E-state index is 0.152. The number of ketones is 1. The zero-order chi connectivity index (χ0) is 11.4. The molecule has 0 atom stereocenters. The van der Waals surface area contributed by atoms with Crippen LogP contribution < -0.4 is 0 Å². The molecule has 16 heavy (non-hydrogen) atoms. The van der Waals surface area contributed by atoms with Crippen molar-refractivity contribution in [2.45, 2.75) is 6.42 Å². The number of benzene rings is 2. The predicted octanol–water partition coefficient (Wildman–Crippen LogP) is 3.87. The largest absolute Gasteiger partial charge is 0.294 e. The van der Waals surface area contributed by atoms with E-state index in [2.05, 4.69) is 15.9 Å². The van der Waals surface area contributed by atoms with E-state index in [0.717, 1.165) is 15.6 Å². The van der Waals surface area contributed by atoms with E-state index in [-0.39, 0.29) is 5.78 Å². The van der Waals surface area contributed by atoms with Crippen molar-refractivity contribution in [1.82, 2.24) is 0 Å². The topological polar surface area (TPSA) is 17.1 Å². The minimum absolute atomic E-state index is 0.152. The van der Waals surface area contributed by atoms with Crippen LogP contribution in [0.1, 0.15) is 15.9 Å². The Labute approximate surface area is 103 Å². The maximum Gasteiger partial charge on any atom is 0.167 e. The molecule has 0 saturated heterocycles. The SMILES string of the molecule is O=C(Cc1ccccc1)c1ccc(Br)cc1. The third kappa shape index (κ3) is 2.80. The van der Waals surface area contributed by atoms with E-state index in [1.807, 2.05) is 54.6 Å². The number of carbonyl (C=O) groups is 1. The average molecular weight is 275 g/mol. The van der Waals surface area contributed by atoms with Gasteiger partial charge in [0.1, 0.15) is 0 Å². The summed E-state index contributed by atoms with van der Waals surface area (Å²) in [4.78, 5) is 11.9. The highest BCUT2D eigenvalue weighted by molar-refractivity contribution is 9.10. The summed E-state index contributed by atoms with van der Waals surface area (Å²) in [5, 5.41) is 0. The average Bonchev–Trinajstić information content (AvgIpc) is 2.31. The number of carbonyl (C=O) groups excluding carboxylic acids is 1. The molecule has 0 aliphatic carbocycles. The van der Waals surface area contributed by atoms with E-state index in [1.54, 1.807) is 0 Å². The van der Waals surface area contributed by atoms with Crippen molar-refractivity contribution in [3.8, 4) is 0 Å². The van der Waals surface area contributed by atoms with Crippen molar-refractivity contribution < 1.29 is 4.79 Å². The molecule has 1 nitrogen and oxygen atoms in total. The highest BCUT2D eigenvalue weighted by Crippen LogP contribution is 2.12. The highest BCUT2D eigenvalue weighted by atomic mass is 79.9. The maximum atomic E-state index is 11.9. The lowest BCUT2D eigenvalue weighted by molar-refractivity contribution is 0.0993. The summed E-state index contributed by atoms with van der Waals surface area (Å²) in [7, 11) is 0. The van der Waals surface area contributed by atoms with Crippen LogP contribution in [0.4, 0.5) is 0 Å². The summed E-state index contributed by atoms with van der Waals surface area (Å²) in [6.45, 7) is 0. The molecule has 0 saturated carbocycles. The first-order chi connectivity index (χ1) is 7.75. The second kappa shape index (κ2) is 5.08. The van der Waals surface area contributed by atoms with Gasteiger partial charge in [-0.25, -0.2) is 0 Å². The number of hydrogen-bond acceptors (Lipinski definition) is 1. The Bertz CT molecular complexity index is 474. The lowest BCUT2D eigenvalue weighted by Gasteiger charge is -2.01. The molecule has 0 spiro atoms. The third-order valence-electron chi connectivity index (χ3n) is 2.37. The van der Waals surface area contributed by atoms with Crippen LogP contribution in [0.3, 0.4) is 0 Å². The van der Waals surface area contributed by atoms with Gasteiger partial charge in [-0.2, -0.15) is 0 Å². The van der Waals surface area contributed by atoms with Gasteiger partial charge in [0.05, 0.1) is 0 Å².